The Balaban J connectivity index is -0.0000000221. The molecule has 0 heterocycles. The molecule has 6 N–H and O–H groups in total. The van der Waals surface area contributed by atoms with Gasteiger partial charge in [0.15, 0.2) is 0 Å². The molecule has 0 saturated heterocycles. The Kier molecular flexibility index (Phi) is 55.2. The van der Waals surface area contributed by atoms with Crippen molar-refractivity contribution >= 4 is 12.1 Å². The van der Waals surface area contributed by atoms with E-state index in [4.69, 9.17) is 24.9 Å². The third-order valence-corrected chi connectivity index (χ3v) is 0.167. The van der Waals surface area contributed by atoms with E-state index < -0.39 is 12.1 Å². The summed E-state index contributed by atoms with van der Waals surface area (Å²) >= 11 is 0. The van der Waals surface area contributed by atoms with E-state index in [0.717, 1.165) is 0 Å². The molecule has 0 unspecified atom stereocenters. The van der Waals surface area contributed by atoms with Crippen LogP contribution in [0.3, 0.4) is 0 Å². The third-order valence-electron chi connectivity index (χ3n) is 0.167. The summed E-state index contributed by atoms with van der Waals surface area (Å²) in [5.74, 6) is -1.22. The number of carboxylic acids is 1. The summed E-state index contributed by atoms with van der Waals surface area (Å²) in [5.41, 5.74) is 4.51. The first-order valence-corrected chi connectivity index (χ1v) is 1.80. The van der Waals surface area contributed by atoms with Crippen molar-refractivity contribution in [3.8, 4) is 0 Å². The summed E-state index contributed by atoms with van der Waals surface area (Å²) in [6.07, 6.45) is -2.08. The third kappa shape index (κ3) is 141. The van der Waals surface area contributed by atoms with E-state index in [2.05, 4.69) is 5.73 Å². The van der Waals surface area contributed by atoms with E-state index in [1.165, 1.54) is 0 Å². The van der Waals surface area contributed by atoms with Gasteiger partial charge in [-0.05, 0) is 0 Å². The molecule has 0 aromatic rings. The van der Waals surface area contributed by atoms with Crippen LogP contribution in [0.1, 0.15) is 0 Å². The average Bonchev–Trinajstić information content (AvgIpc) is 1.65. The average molecular weight is 198 g/mol. The van der Waals surface area contributed by atoms with Gasteiger partial charge < -0.3 is 36.8 Å². The number of carbonyl (C=O) groups is 2. The SMILES string of the molecule is N.NCC(=O)[O-].O=C([O-])O.[Na+].[Na+]. The first-order valence-electron chi connectivity index (χ1n) is 1.80. The normalized spacial score (nSPS) is 5.08. The summed E-state index contributed by atoms with van der Waals surface area (Å²) in [4.78, 5) is 17.6. The van der Waals surface area contributed by atoms with E-state index in [-0.39, 0.29) is 71.8 Å². The van der Waals surface area contributed by atoms with E-state index in [0.29, 0.717) is 0 Å². The Hall–Kier alpha value is 0.660. The maximum atomic E-state index is 9.13. The summed E-state index contributed by atoms with van der Waals surface area (Å²) in [6, 6.07) is 0. The summed E-state index contributed by atoms with van der Waals surface area (Å²) in [5, 5.41) is 24.4. The van der Waals surface area contributed by atoms with Crippen molar-refractivity contribution < 1.29 is 84.0 Å². The molecule has 0 aromatic carbocycles. The molecule has 0 aliphatic rings. The van der Waals surface area contributed by atoms with Crippen molar-refractivity contribution in [2.45, 2.75) is 0 Å². The maximum Gasteiger partial charge on any atom is 1.00 e. The molecule has 0 amide bonds. The molecule has 0 aliphatic heterocycles. The smallest absolute Gasteiger partial charge is 0.565 e. The minimum absolute atomic E-state index is 0. The second-order valence-corrected chi connectivity index (χ2v) is 0.842. The van der Waals surface area contributed by atoms with Gasteiger partial charge >= 0.3 is 59.1 Å². The van der Waals surface area contributed by atoms with Gasteiger partial charge in [-0.25, -0.2) is 0 Å². The van der Waals surface area contributed by atoms with Crippen LogP contribution >= 0.6 is 0 Å². The fourth-order valence-corrected chi connectivity index (χ4v) is 0. The second-order valence-electron chi connectivity index (χ2n) is 0.842. The predicted molar refractivity (Wildman–Crippen MR) is 27.1 cm³/mol. The molecule has 0 rings (SSSR count). The number of carboxylic acid groups (broad SMARTS) is 3. The Morgan fingerprint density at radius 1 is 1.25 bits per heavy atom. The first-order chi connectivity index (χ1) is 4.00. The van der Waals surface area contributed by atoms with Crippen LogP contribution in [-0.2, 0) is 4.79 Å². The van der Waals surface area contributed by atoms with Gasteiger partial charge in [-0.2, -0.15) is 0 Å². The number of aliphatic carboxylic acids is 1. The quantitative estimate of drug-likeness (QED) is 0.352. The number of hydrogen-bond acceptors (Lipinski definition) is 6. The molecule has 0 aromatic heterocycles. The van der Waals surface area contributed by atoms with E-state index >= 15 is 0 Å². The monoisotopic (exact) mass is 198 g/mol. The molecule has 0 fully saturated rings. The van der Waals surface area contributed by atoms with Crippen LogP contribution in [0.5, 0.6) is 0 Å². The van der Waals surface area contributed by atoms with Crippen LogP contribution in [0.4, 0.5) is 4.79 Å². The summed E-state index contributed by atoms with van der Waals surface area (Å²) in [6.45, 7) is -0.389. The van der Waals surface area contributed by atoms with Gasteiger partial charge in [0.1, 0.15) is 0 Å². The van der Waals surface area contributed by atoms with Crippen LogP contribution in [0.25, 0.3) is 0 Å². The second kappa shape index (κ2) is 22.6. The largest absolute Gasteiger partial charge is 1.00 e. The number of rotatable bonds is 1. The van der Waals surface area contributed by atoms with E-state index in [9.17, 15) is 0 Å². The molecule has 7 nitrogen and oxygen atoms in total. The van der Waals surface area contributed by atoms with Gasteiger partial charge in [0.2, 0.25) is 6.16 Å². The number of nitrogens with two attached hydrogens (primary N) is 1. The molecule has 9 heteroatoms. The van der Waals surface area contributed by atoms with Crippen LogP contribution in [0.15, 0.2) is 0 Å². The van der Waals surface area contributed by atoms with Crippen LogP contribution in [0, 0.1) is 0 Å². The van der Waals surface area contributed by atoms with E-state index in [1.54, 1.807) is 0 Å². The predicted octanol–water partition coefficient (Wildman–Crippen LogP) is -9.25. The zero-order valence-electron chi connectivity index (χ0n) is 7.07. The van der Waals surface area contributed by atoms with Gasteiger partial charge in [-0.3, -0.25) is 0 Å². The van der Waals surface area contributed by atoms with Crippen LogP contribution in [-0.4, -0.2) is 23.8 Å². The Bertz CT molecular complexity index is 107. The standard InChI is InChI=1S/C2H5NO2.CH2O3.H3N.2Na/c3-1-2(4)5;2-1(3)4;;;/h1,3H2,(H,4,5);(H2,2,3,4);1H3;;/q;;;2*+1/p-2. The zero-order chi connectivity index (χ0) is 7.86. The molecule has 0 atom stereocenters. The molecular formula is C3H8N2Na2O5. The van der Waals surface area contributed by atoms with Gasteiger partial charge in [-0.1, -0.05) is 0 Å². The van der Waals surface area contributed by atoms with E-state index in [1.807, 2.05) is 0 Å². The summed E-state index contributed by atoms with van der Waals surface area (Å²) < 4.78 is 0. The zero-order valence-corrected chi connectivity index (χ0v) is 11.1. The molecule has 62 valence electrons. The van der Waals surface area contributed by atoms with Crippen molar-refractivity contribution in [2.75, 3.05) is 6.54 Å². The van der Waals surface area contributed by atoms with Crippen molar-refractivity contribution in [1.29, 1.82) is 0 Å². The fourth-order valence-electron chi connectivity index (χ4n) is 0. The Morgan fingerprint density at radius 2 is 1.33 bits per heavy atom. The Morgan fingerprint density at radius 3 is 1.33 bits per heavy atom. The first kappa shape index (κ1) is 29.3. The van der Waals surface area contributed by atoms with Crippen LogP contribution < -0.4 is 81.2 Å². The van der Waals surface area contributed by atoms with Crippen LogP contribution in [0.2, 0.25) is 0 Å². The van der Waals surface area contributed by atoms with Crippen molar-refractivity contribution in [3.05, 3.63) is 0 Å². The molecule has 0 aliphatic carbocycles. The van der Waals surface area contributed by atoms with Gasteiger partial charge in [0.05, 0.1) is 5.97 Å². The van der Waals surface area contributed by atoms with Crippen molar-refractivity contribution in [3.63, 3.8) is 0 Å². The van der Waals surface area contributed by atoms with Crippen molar-refractivity contribution in [2.24, 2.45) is 5.73 Å². The molecule has 12 heavy (non-hydrogen) atoms. The number of hydrogen-bond donors (Lipinski definition) is 3. The topological polar surface area (TPSA) is 162 Å². The molecular weight excluding hydrogens is 190 g/mol. The number of carbonyl (C=O) groups excluding carboxylic acids is 1. The van der Waals surface area contributed by atoms with Gasteiger partial charge in [0, 0.05) is 6.54 Å². The molecule has 0 radical (unpaired) electrons. The molecule has 0 bridgehead atoms. The summed E-state index contributed by atoms with van der Waals surface area (Å²) in [7, 11) is 0. The van der Waals surface area contributed by atoms with Crippen molar-refractivity contribution in [1.82, 2.24) is 6.15 Å². The van der Waals surface area contributed by atoms with Gasteiger partial charge in [-0.15, -0.1) is 0 Å². The van der Waals surface area contributed by atoms with Gasteiger partial charge in [0.25, 0.3) is 0 Å². The maximum absolute atomic E-state index is 9.13. The minimum atomic E-state index is -2.08. The molecule has 0 spiro atoms. The Labute approximate surface area is 113 Å². The fraction of sp³-hybridized carbons (Fsp3) is 0.333. The minimum Gasteiger partial charge on any atom is -0.565 e. The molecule has 0 saturated carbocycles.